The Morgan fingerprint density at radius 1 is 0.274 bits per heavy atom. The maximum atomic E-state index is 12.8. The highest BCUT2D eigenvalue weighted by Crippen LogP contribution is 2.38. The lowest BCUT2D eigenvalue weighted by molar-refractivity contribution is -0.397. The lowest BCUT2D eigenvalue weighted by Gasteiger charge is -2.50. The summed E-state index contributed by atoms with van der Waals surface area (Å²) in [5.74, 6) is -1.68. The van der Waals surface area contributed by atoms with Crippen LogP contribution in [0, 0.1) is 0 Å². The van der Waals surface area contributed by atoms with Crippen LogP contribution in [0.5, 0.6) is 0 Å². The first-order chi connectivity index (χ1) is 44.9. The molecular weight excluding hydrogens is 1310 g/mol. The van der Waals surface area contributed by atoms with E-state index in [1.54, 1.807) is 0 Å². The standard InChI is InChI=1S/C52H88N2O41/c1-11(61)53-21-29(69)40(17(7-59)83-45(21)80)91-46-22(54-12(2)62)30(70)41(18(8-60)88-46)92-50-38(78)43(28(68)20(89-50)10-82-52-44(34(74)26(66)16(6-58)87-52)95-49-37(77)33(73)25(65)15(5-57)86-49)94-51-39(79)42(93-48-36(76)32(72)24(64)14(4-56)85-48)27(67)19(90-51)9-81-47-35(75)31(71)23(63)13(3-55)84-47/h13-52,55-60,63-80H,3-10H2,1-2H3,(H,53,61)(H,54,62)/t13-,14-,15-,16-,17-,18-,19-,20-,21-,22-,23-,24-,25-,26-,27-,28-,29-,30-,31+,32+,33+,34+,35+,36+,37+,38+,39+,40-,41-,42+,43+,44+,45-,46+,47+,48-,49-,50+,51-,52+/m1/s1. The minimum absolute atomic E-state index is 0.767. The summed E-state index contributed by atoms with van der Waals surface area (Å²) < 4.78 is 86.6. The van der Waals surface area contributed by atoms with E-state index in [0.29, 0.717) is 0 Å². The third-order valence-electron chi connectivity index (χ3n) is 17.4. The van der Waals surface area contributed by atoms with Gasteiger partial charge in [-0.05, 0) is 0 Å². The molecular formula is C52H88N2O41. The molecule has 8 fully saturated rings. The molecule has 0 aliphatic carbocycles. The van der Waals surface area contributed by atoms with Crippen LogP contribution in [0.25, 0.3) is 0 Å². The molecule has 0 aromatic carbocycles. The first-order valence-electron chi connectivity index (χ1n) is 30.1. The number of carbonyl (C=O) groups is 2. The molecule has 0 saturated carbocycles. The minimum atomic E-state index is -2.52. The molecule has 95 heavy (non-hydrogen) atoms. The Kier molecular flexibility index (Phi) is 27.9. The van der Waals surface area contributed by atoms with Crippen molar-refractivity contribution in [2.24, 2.45) is 0 Å². The molecule has 43 nitrogen and oxygen atoms in total. The Balaban J connectivity index is 1.13. The Labute approximate surface area is 536 Å². The Bertz CT molecular complexity index is 2380. The van der Waals surface area contributed by atoms with Gasteiger partial charge >= 0.3 is 0 Å². The summed E-state index contributed by atoms with van der Waals surface area (Å²) in [5, 5.41) is 266. The van der Waals surface area contributed by atoms with Crippen LogP contribution in [0.15, 0.2) is 0 Å². The summed E-state index contributed by atoms with van der Waals surface area (Å²) >= 11 is 0. The van der Waals surface area contributed by atoms with Crippen molar-refractivity contribution in [2.75, 3.05) is 52.9 Å². The molecule has 0 spiro atoms. The van der Waals surface area contributed by atoms with Gasteiger partial charge in [0.05, 0.1) is 52.9 Å². The Morgan fingerprint density at radius 3 is 0.989 bits per heavy atom. The minimum Gasteiger partial charge on any atom is -0.394 e. The van der Waals surface area contributed by atoms with E-state index in [9.17, 15) is 132 Å². The molecule has 8 aliphatic rings. The number of carbonyl (C=O) groups excluding carboxylic acids is 2. The summed E-state index contributed by atoms with van der Waals surface area (Å²) in [6, 6.07) is -3.49. The fourth-order valence-electron chi connectivity index (χ4n) is 12.1. The van der Waals surface area contributed by atoms with Crippen LogP contribution in [0.4, 0.5) is 0 Å². The first kappa shape index (κ1) is 78.1. The molecule has 8 aliphatic heterocycles. The number of nitrogens with one attached hydrogen (secondary N) is 2. The van der Waals surface area contributed by atoms with E-state index in [1.807, 2.05) is 0 Å². The van der Waals surface area contributed by atoms with Gasteiger partial charge in [0.15, 0.2) is 50.3 Å². The molecule has 0 aromatic heterocycles. The van der Waals surface area contributed by atoms with Crippen molar-refractivity contribution in [3.63, 3.8) is 0 Å². The van der Waals surface area contributed by atoms with Crippen molar-refractivity contribution in [1.29, 1.82) is 0 Å². The van der Waals surface area contributed by atoms with E-state index in [1.165, 1.54) is 0 Å². The van der Waals surface area contributed by atoms with Gasteiger partial charge in [0.1, 0.15) is 195 Å². The van der Waals surface area contributed by atoms with Crippen molar-refractivity contribution in [2.45, 2.75) is 259 Å². The fraction of sp³-hybridized carbons (Fsp3) is 0.962. The summed E-state index contributed by atoms with van der Waals surface area (Å²) in [5.41, 5.74) is 0. The van der Waals surface area contributed by atoms with Crippen LogP contribution >= 0.6 is 0 Å². The second-order valence-corrected chi connectivity index (χ2v) is 23.9. The molecule has 26 N–H and O–H groups in total. The third-order valence-corrected chi connectivity index (χ3v) is 17.4. The lowest BCUT2D eigenvalue weighted by atomic mass is 9.94. The SMILES string of the molecule is CC(=O)N[C@@H]1[C@@H](O)[C@H](O[C@@H]2O[C@H](CO)[C@@H](O[C@@H]3O[C@H](CO[C@H]4O[C@H](CO)[C@@H](O)[C@H](O)[C@@H]4O[C@H]4O[C@H](CO)[C@@H](O)[C@H](O)[C@@H]4O)[C@@H](O)[C@H](O[C@H]4O[C@H](CO[C@H]5O[C@H](CO)[C@@H](O)[C@H](O)[C@@H]5O)[C@@H](O)[C@H](O[C@H]5O[C@H](CO)[C@@H](O)[C@H](O)[C@@H]5O)[C@@H]4O)[C@@H]3O)[C@H](O)[C@H]2NC(C)=O)[C@@H](CO)O[C@H]1O. The molecule has 8 rings (SSSR count). The van der Waals surface area contributed by atoms with Gasteiger partial charge in [0, 0.05) is 13.8 Å². The lowest BCUT2D eigenvalue weighted by Crippen LogP contribution is -2.70. The first-order valence-corrected chi connectivity index (χ1v) is 30.1. The Hall–Kier alpha value is -2.62. The molecule has 40 atom stereocenters. The maximum absolute atomic E-state index is 12.8. The highest BCUT2D eigenvalue weighted by atomic mass is 16.8. The van der Waals surface area contributed by atoms with Crippen LogP contribution in [0.2, 0.25) is 0 Å². The van der Waals surface area contributed by atoms with Crippen molar-refractivity contribution >= 4 is 11.8 Å². The largest absolute Gasteiger partial charge is 0.394 e. The summed E-state index contributed by atoms with van der Waals surface area (Å²) in [4.78, 5) is 24.9. The zero-order chi connectivity index (χ0) is 69.9. The van der Waals surface area contributed by atoms with Crippen molar-refractivity contribution < 1.29 is 203 Å². The predicted molar refractivity (Wildman–Crippen MR) is 288 cm³/mol. The smallest absolute Gasteiger partial charge is 0.217 e. The molecule has 43 heteroatoms. The number of hydrogen-bond donors (Lipinski definition) is 26. The average Bonchev–Trinajstić information content (AvgIpc) is 0.778. The third kappa shape index (κ3) is 17.0. The molecule has 0 radical (unpaired) electrons. The highest BCUT2D eigenvalue weighted by Gasteiger charge is 2.59. The number of ether oxygens (including phenoxy) is 15. The Morgan fingerprint density at radius 2 is 0.568 bits per heavy atom. The molecule has 0 unspecified atom stereocenters. The van der Waals surface area contributed by atoms with Crippen molar-refractivity contribution in [1.82, 2.24) is 10.6 Å². The normalized spacial score (nSPS) is 50.8. The summed E-state index contributed by atoms with van der Waals surface area (Å²) in [6.07, 6.45) is -78.1. The van der Waals surface area contributed by atoms with Crippen LogP contribution in [-0.2, 0) is 80.6 Å². The topological polar surface area (TPSA) is 682 Å². The average molecular weight is 1400 g/mol. The number of aliphatic hydroxyl groups excluding tert-OH is 24. The predicted octanol–water partition coefficient (Wildman–Crippen LogP) is -18.2. The van der Waals surface area contributed by atoms with Crippen molar-refractivity contribution in [3.8, 4) is 0 Å². The van der Waals surface area contributed by atoms with E-state index in [2.05, 4.69) is 10.6 Å². The van der Waals surface area contributed by atoms with Gasteiger partial charge in [0.25, 0.3) is 0 Å². The molecule has 8 saturated heterocycles. The van der Waals surface area contributed by atoms with E-state index >= 15 is 0 Å². The quantitative estimate of drug-likeness (QED) is 0.0427. The molecule has 0 bridgehead atoms. The van der Waals surface area contributed by atoms with Gasteiger partial charge in [-0.1, -0.05) is 0 Å². The number of amides is 2. The van der Waals surface area contributed by atoms with Gasteiger partial charge in [-0.3, -0.25) is 9.59 Å². The molecule has 0 aromatic rings. The van der Waals surface area contributed by atoms with Gasteiger partial charge in [-0.2, -0.15) is 0 Å². The summed E-state index contributed by atoms with van der Waals surface area (Å²) in [7, 11) is 0. The van der Waals surface area contributed by atoms with Gasteiger partial charge in [0.2, 0.25) is 11.8 Å². The van der Waals surface area contributed by atoms with Crippen molar-refractivity contribution in [3.05, 3.63) is 0 Å². The second-order valence-electron chi connectivity index (χ2n) is 23.9. The maximum Gasteiger partial charge on any atom is 0.217 e. The van der Waals surface area contributed by atoms with E-state index in [-0.39, 0.29) is 0 Å². The number of aliphatic hydroxyl groups is 24. The summed E-state index contributed by atoms with van der Waals surface area (Å²) in [6.45, 7) is -6.25. The monoisotopic (exact) mass is 1400 g/mol. The molecule has 552 valence electrons. The number of hydrogen-bond acceptors (Lipinski definition) is 41. The highest BCUT2D eigenvalue weighted by molar-refractivity contribution is 5.73. The molecule has 8 heterocycles. The van der Waals surface area contributed by atoms with E-state index in [4.69, 9.17) is 71.1 Å². The van der Waals surface area contributed by atoms with Gasteiger partial charge in [-0.15, -0.1) is 0 Å². The number of rotatable bonds is 24. The van der Waals surface area contributed by atoms with Crippen LogP contribution in [0.1, 0.15) is 13.8 Å². The van der Waals surface area contributed by atoms with Crippen LogP contribution < -0.4 is 10.6 Å². The second kappa shape index (κ2) is 33.9. The molecule has 2 amide bonds. The van der Waals surface area contributed by atoms with E-state index < -0.39 is 310 Å². The van der Waals surface area contributed by atoms with Gasteiger partial charge in [-0.25, -0.2) is 0 Å². The van der Waals surface area contributed by atoms with Crippen LogP contribution in [0.3, 0.4) is 0 Å². The zero-order valence-corrected chi connectivity index (χ0v) is 50.4. The zero-order valence-electron chi connectivity index (χ0n) is 50.4. The van der Waals surface area contributed by atoms with E-state index in [0.717, 1.165) is 13.8 Å². The van der Waals surface area contributed by atoms with Crippen LogP contribution in [-0.4, -0.2) is 433 Å². The fourth-order valence-corrected chi connectivity index (χ4v) is 12.1. The van der Waals surface area contributed by atoms with Gasteiger partial charge < -0.3 is 204 Å².